The van der Waals surface area contributed by atoms with Crippen molar-refractivity contribution in [2.45, 2.75) is 12.8 Å². The van der Waals surface area contributed by atoms with Gasteiger partial charge in [-0.25, -0.2) is 0 Å². The highest BCUT2D eigenvalue weighted by atomic mass is 16.1. The van der Waals surface area contributed by atoms with Crippen molar-refractivity contribution in [3.8, 4) is 0 Å². The molecule has 1 aromatic rings. The molecule has 3 rings (SSSR count). The molecule has 0 N–H and O–H groups in total. The maximum atomic E-state index is 12.2. The number of ketones is 1. The van der Waals surface area contributed by atoms with Gasteiger partial charge in [0.1, 0.15) is 5.78 Å². The molecule has 2 aliphatic rings. The summed E-state index contributed by atoms with van der Waals surface area (Å²) >= 11 is 0. The predicted octanol–water partition coefficient (Wildman–Crippen LogP) is 2.71. The van der Waals surface area contributed by atoms with Gasteiger partial charge in [-0.2, -0.15) is 0 Å². The summed E-state index contributed by atoms with van der Waals surface area (Å²) in [4.78, 5) is 12.2. The Morgan fingerprint density at radius 3 is 1.88 bits per heavy atom. The fraction of sp³-hybridized carbons (Fsp3) is 0.267. The fourth-order valence-electron chi connectivity index (χ4n) is 2.63. The molecule has 0 heterocycles. The predicted molar refractivity (Wildman–Crippen MR) is 64.1 cm³/mol. The van der Waals surface area contributed by atoms with Gasteiger partial charge in [-0.05, 0) is 24.0 Å². The minimum absolute atomic E-state index is 0.0728. The number of allylic oxidation sites excluding steroid dienone is 4. The van der Waals surface area contributed by atoms with Gasteiger partial charge in [0.15, 0.2) is 0 Å². The first-order valence-corrected chi connectivity index (χ1v) is 5.80. The van der Waals surface area contributed by atoms with Gasteiger partial charge in [-0.3, -0.25) is 4.79 Å². The van der Waals surface area contributed by atoms with E-state index >= 15 is 0 Å². The molecule has 2 atom stereocenters. The number of hydrogen-bond donors (Lipinski definition) is 0. The number of carbonyl (C=O) groups is 1. The van der Waals surface area contributed by atoms with Crippen LogP contribution < -0.4 is 0 Å². The van der Waals surface area contributed by atoms with E-state index in [4.69, 9.17) is 0 Å². The van der Waals surface area contributed by atoms with Crippen LogP contribution in [0.1, 0.15) is 11.1 Å². The second-order valence-electron chi connectivity index (χ2n) is 4.56. The van der Waals surface area contributed by atoms with Crippen LogP contribution in [0, 0.1) is 11.8 Å². The lowest BCUT2D eigenvalue weighted by atomic mass is 9.92. The van der Waals surface area contributed by atoms with Gasteiger partial charge < -0.3 is 0 Å². The molecular formula is C15H14O. The molecule has 80 valence electrons. The Bertz CT molecular complexity index is 439. The van der Waals surface area contributed by atoms with Crippen molar-refractivity contribution in [3.63, 3.8) is 0 Å². The van der Waals surface area contributed by atoms with E-state index in [2.05, 4.69) is 24.3 Å². The monoisotopic (exact) mass is 210 g/mol. The maximum Gasteiger partial charge on any atom is 0.147 e. The summed E-state index contributed by atoms with van der Waals surface area (Å²) in [5.74, 6) is 0.522. The van der Waals surface area contributed by atoms with Gasteiger partial charge >= 0.3 is 0 Å². The Kier molecular flexibility index (Phi) is 2.24. The van der Waals surface area contributed by atoms with Gasteiger partial charge in [-0.1, -0.05) is 48.6 Å². The summed E-state index contributed by atoms with van der Waals surface area (Å²) in [5.41, 5.74) is 2.67. The molecule has 0 saturated heterocycles. The molecule has 0 aromatic heterocycles. The standard InChI is InChI=1S/C15H14O/c16-15-13-7-3-4-8-14(15)10-12-6-2-1-5-11(12)9-13/h1-8,13-14H,9-10H2. The third kappa shape index (κ3) is 1.53. The van der Waals surface area contributed by atoms with Crippen molar-refractivity contribution >= 4 is 5.78 Å². The summed E-state index contributed by atoms with van der Waals surface area (Å²) in [5, 5.41) is 0. The van der Waals surface area contributed by atoms with E-state index in [1.54, 1.807) is 0 Å². The zero-order chi connectivity index (χ0) is 11.0. The Labute approximate surface area is 95.5 Å². The van der Waals surface area contributed by atoms with E-state index in [0.29, 0.717) is 5.78 Å². The number of Topliss-reactive ketones (excluding diaryl/α,β-unsaturated/α-hetero) is 1. The van der Waals surface area contributed by atoms with Crippen molar-refractivity contribution in [3.05, 3.63) is 59.7 Å². The Balaban J connectivity index is 2.09. The average Bonchev–Trinajstić information content (AvgIpc) is 2.55. The summed E-state index contributed by atoms with van der Waals surface area (Å²) < 4.78 is 0. The smallest absolute Gasteiger partial charge is 0.147 e. The van der Waals surface area contributed by atoms with Crippen LogP contribution in [0.15, 0.2) is 48.6 Å². The van der Waals surface area contributed by atoms with Crippen LogP contribution in [0.2, 0.25) is 0 Å². The number of rotatable bonds is 0. The number of benzene rings is 1. The van der Waals surface area contributed by atoms with Crippen molar-refractivity contribution in [2.24, 2.45) is 11.8 Å². The van der Waals surface area contributed by atoms with Gasteiger partial charge in [0, 0.05) is 11.8 Å². The molecule has 2 aliphatic carbocycles. The summed E-state index contributed by atoms with van der Waals surface area (Å²) in [6, 6.07) is 8.42. The second kappa shape index (κ2) is 3.75. The van der Waals surface area contributed by atoms with Crippen molar-refractivity contribution < 1.29 is 4.79 Å². The second-order valence-corrected chi connectivity index (χ2v) is 4.56. The van der Waals surface area contributed by atoms with E-state index in [1.165, 1.54) is 11.1 Å². The Morgan fingerprint density at radius 2 is 1.38 bits per heavy atom. The van der Waals surface area contributed by atoms with Crippen molar-refractivity contribution in [1.82, 2.24) is 0 Å². The van der Waals surface area contributed by atoms with Crippen LogP contribution in [0.25, 0.3) is 0 Å². The molecule has 0 fully saturated rings. The van der Waals surface area contributed by atoms with E-state index < -0.39 is 0 Å². The minimum atomic E-state index is 0.0728. The Hall–Kier alpha value is -1.63. The Morgan fingerprint density at radius 1 is 0.875 bits per heavy atom. The largest absolute Gasteiger partial charge is 0.298 e. The molecule has 0 amide bonds. The summed E-state index contributed by atoms with van der Waals surface area (Å²) in [7, 11) is 0. The van der Waals surface area contributed by atoms with Crippen LogP contribution in [-0.2, 0) is 17.6 Å². The molecule has 1 nitrogen and oxygen atoms in total. The minimum Gasteiger partial charge on any atom is -0.298 e. The van der Waals surface area contributed by atoms with Crippen molar-refractivity contribution in [2.75, 3.05) is 0 Å². The topological polar surface area (TPSA) is 17.1 Å². The third-order valence-corrected chi connectivity index (χ3v) is 3.53. The quantitative estimate of drug-likeness (QED) is 0.643. The van der Waals surface area contributed by atoms with Crippen LogP contribution in [-0.4, -0.2) is 5.78 Å². The van der Waals surface area contributed by atoms with E-state index in [-0.39, 0.29) is 11.8 Å². The van der Waals surface area contributed by atoms with Gasteiger partial charge in [0.25, 0.3) is 0 Å². The van der Waals surface area contributed by atoms with E-state index in [9.17, 15) is 4.79 Å². The van der Waals surface area contributed by atoms with E-state index in [1.807, 2.05) is 24.3 Å². The first kappa shape index (κ1) is 9.59. The van der Waals surface area contributed by atoms with Crippen LogP contribution >= 0.6 is 0 Å². The third-order valence-electron chi connectivity index (χ3n) is 3.53. The lowest BCUT2D eigenvalue weighted by molar-refractivity contribution is -0.123. The first-order chi connectivity index (χ1) is 7.84. The fourth-order valence-corrected chi connectivity index (χ4v) is 2.63. The zero-order valence-corrected chi connectivity index (χ0v) is 9.10. The zero-order valence-electron chi connectivity index (χ0n) is 9.10. The molecule has 2 bridgehead atoms. The summed E-state index contributed by atoms with van der Waals surface area (Å²) in [6.45, 7) is 0. The number of fused-ring (bicyclic) bond motifs is 3. The van der Waals surface area contributed by atoms with Gasteiger partial charge in [-0.15, -0.1) is 0 Å². The van der Waals surface area contributed by atoms with Crippen molar-refractivity contribution in [1.29, 1.82) is 0 Å². The first-order valence-electron chi connectivity index (χ1n) is 5.80. The van der Waals surface area contributed by atoms with E-state index in [0.717, 1.165) is 12.8 Å². The molecule has 2 unspecified atom stereocenters. The molecule has 1 heteroatoms. The lowest BCUT2D eigenvalue weighted by Crippen LogP contribution is -2.20. The molecule has 16 heavy (non-hydrogen) atoms. The molecule has 0 saturated carbocycles. The number of carbonyl (C=O) groups excluding carboxylic acids is 1. The molecule has 0 spiro atoms. The highest BCUT2D eigenvalue weighted by Crippen LogP contribution is 2.28. The lowest BCUT2D eigenvalue weighted by Gasteiger charge is -2.10. The normalized spacial score (nSPS) is 27.1. The van der Waals surface area contributed by atoms with Crippen LogP contribution in [0.5, 0.6) is 0 Å². The summed E-state index contributed by atoms with van der Waals surface area (Å²) in [6.07, 6.45) is 9.84. The SMILES string of the molecule is O=C1C2C=CC=CC1Cc1ccccc1C2. The highest BCUT2D eigenvalue weighted by Gasteiger charge is 2.29. The average molecular weight is 210 g/mol. The van der Waals surface area contributed by atoms with Gasteiger partial charge in [0.2, 0.25) is 0 Å². The maximum absolute atomic E-state index is 12.2. The molecule has 0 radical (unpaired) electrons. The number of hydrogen-bond acceptors (Lipinski definition) is 1. The molecular weight excluding hydrogens is 196 g/mol. The molecule has 1 aromatic carbocycles. The molecule has 0 aliphatic heterocycles. The van der Waals surface area contributed by atoms with Crippen LogP contribution in [0.4, 0.5) is 0 Å². The van der Waals surface area contributed by atoms with Crippen LogP contribution in [0.3, 0.4) is 0 Å². The highest BCUT2D eigenvalue weighted by molar-refractivity contribution is 5.88. The van der Waals surface area contributed by atoms with Gasteiger partial charge in [0.05, 0.1) is 0 Å².